The van der Waals surface area contributed by atoms with Crippen molar-refractivity contribution < 1.29 is 0 Å². The molecule has 0 radical (unpaired) electrons. The molecule has 1 aromatic rings. The van der Waals surface area contributed by atoms with E-state index < -0.39 is 0 Å². The third-order valence-corrected chi connectivity index (χ3v) is 1.33. The summed E-state index contributed by atoms with van der Waals surface area (Å²) < 4.78 is 0. The van der Waals surface area contributed by atoms with Crippen molar-refractivity contribution in [1.29, 1.82) is 0 Å². The van der Waals surface area contributed by atoms with Crippen LogP contribution in [0, 0.1) is 0 Å². The minimum atomic E-state index is 0.174. The number of halogens is 1. The number of hydrogen-bond acceptors (Lipinski definition) is 3. The standard InChI is InChI=1S/C6H7ClN4/c7-5-3-1-2-4(10-5)6(8)11-9/h1-3H,9H2,(H2,8,11). The summed E-state index contributed by atoms with van der Waals surface area (Å²) in [7, 11) is 0. The fraction of sp³-hybridized carbons (Fsp3) is 0. The molecule has 0 saturated heterocycles. The number of nitrogens with two attached hydrogens (primary N) is 2. The first-order chi connectivity index (χ1) is 5.24. The van der Waals surface area contributed by atoms with E-state index in [1.807, 2.05) is 0 Å². The number of pyridine rings is 1. The van der Waals surface area contributed by atoms with Crippen molar-refractivity contribution >= 4 is 17.4 Å². The van der Waals surface area contributed by atoms with Crippen LogP contribution in [0.3, 0.4) is 0 Å². The van der Waals surface area contributed by atoms with Gasteiger partial charge in [-0.15, -0.1) is 0 Å². The Morgan fingerprint density at radius 3 is 2.82 bits per heavy atom. The zero-order chi connectivity index (χ0) is 8.27. The van der Waals surface area contributed by atoms with E-state index in [-0.39, 0.29) is 5.84 Å². The smallest absolute Gasteiger partial charge is 0.169 e. The zero-order valence-corrected chi connectivity index (χ0v) is 6.42. The van der Waals surface area contributed by atoms with Crippen LogP contribution in [0.2, 0.25) is 5.15 Å². The molecule has 5 heteroatoms. The molecule has 1 rings (SSSR count). The fourth-order valence-corrected chi connectivity index (χ4v) is 0.781. The van der Waals surface area contributed by atoms with E-state index in [2.05, 4.69) is 10.1 Å². The average molecular weight is 171 g/mol. The Morgan fingerprint density at radius 1 is 1.55 bits per heavy atom. The molecule has 0 spiro atoms. The number of aromatic nitrogens is 1. The van der Waals surface area contributed by atoms with Crippen molar-refractivity contribution in [3.8, 4) is 0 Å². The summed E-state index contributed by atoms with van der Waals surface area (Å²) in [5.74, 6) is 5.11. The van der Waals surface area contributed by atoms with Gasteiger partial charge in [0.15, 0.2) is 5.84 Å². The molecule has 0 aromatic carbocycles. The molecule has 0 saturated carbocycles. The van der Waals surface area contributed by atoms with Gasteiger partial charge in [0, 0.05) is 0 Å². The van der Waals surface area contributed by atoms with Crippen LogP contribution >= 0.6 is 11.6 Å². The van der Waals surface area contributed by atoms with E-state index in [4.69, 9.17) is 23.2 Å². The lowest BCUT2D eigenvalue weighted by molar-refractivity contribution is 1.19. The SMILES string of the molecule is NN=C(N)c1cccc(Cl)n1. The van der Waals surface area contributed by atoms with Crippen LogP contribution in [-0.4, -0.2) is 10.8 Å². The summed E-state index contributed by atoms with van der Waals surface area (Å²) in [5, 5.41) is 3.64. The number of rotatable bonds is 1. The highest BCUT2D eigenvalue weighted by atomic mass is 35.5. The molecule has 4 nitrogen and oxygen atoms in total. The van der Waals surface area contributed by atoms with Crippen molar-refractivity contribution in [2.75, 3.05) is 0 Å². The summed E-state index contributed by atoms with van der Waals surface area (Å²) in [4.78, 5) is 3.87. The summed E-state index contributed by atoms with van der Waals surface area (Å²) in [6.07, 6.45) is 0. The van der Waals surface area contributed by atoms with Gasteiger partial charge >= 0.3 is 0 Å². The molecule has 0 unspecified atom stereocenters. The Balaban J connectivity index is 3.06. The molecule has 0 aliphatic rings. The maximum Gasteiger partial charge on any atom is 0.169 e. The first kappa shape index (κ1) is 7.81. The van der Waals surface area contributed by atoms with Crippen LogP contribution in [0.5, 0.6) is 0 Å². The summed E-state index contributed by atoms with van der Waals surface area (Å²) in [5.41, 5.74) is 5.85. The topological polar surface area (TPSA) is 77.3 Å². The molecular weight excluding hydrogens is 164 g/mol. The van der Waals surface area contributed by atoms with Crippen molar-refractivity contribution in [3.05, 3.63) is 29.0 Å². The van der Waals surface area contributed by atoms with E-state index in [1.54, 1.807) is 18.2 Å². The lowest BCUT2D eigenvalue weighted by Gasteiger charge is -1.96. The summed E-state index contributed by atoms with van der Waals surface area (Å²) in [6, 6.07) is 5.05. The van der Waals surface area contributed by atoms with Gasteiger partial charge in [-0.3, -0.25) is 0 Å². The quantitative estimate of drug-likeness (QED) is 0.209. The second kappa shape index (κ2) is 3.21. The molecule has 4 N–H and O–H groups in total. The van der Waals surface area contributed by atoms with Crippen LogP contribution in [0.1, 0.15) is 5.69 Å². The summed E-state index contributed by atoms with van der Waals surface area (Å²) in [6.45, 7) is 0. The summed E-state index contributed by atoms with van der Waals surface area (Å²) >= 11 is 5.58. The molecule has 58 valence electrons. The maximum absolute atomic E-state index is 5.58. The molecule has 0 bridgehead atoms. The molecule has 0 fully saturated rings. The third-order valence-electron chi connectivity index (χ3n) is 1.12. The van der Waals surface area contributed by atoms with E-state index in [1.165, 1.54) is 0 Å². The van der Waals surface area contributed by atoms with Gasteiger partial charge in [-0.2, -0.15) is 5.10 Å². The Kier molecular flexibility index (Phi) is 2.28. The molecular formula is C6H7ClN4. The van der Waals surface area contributed by atoms with Gasteiger partial charge in [0.1, 0.15) is 10.8 Å². The second-order valence-electron chi connectivity index (χ2n) is 1.86. The molecule has 11 heavy (non-hydrogen) atoms. The monoisotopic (exact) mass is 170 g/mol. The van der Waals surface area contributed by atoms with E-state index >= 15 is 0 Å². The van der Waals surface area contributed by atoms with Gasteiger partial charge in [0.05, 0.1) is 0 Å². The van der Waals surface area contributed by atoms with Gasteiger partial charge in [-0.05, 0) is 12.1 Å². The number of hydrazone groups is 1. The molecule has 1 heterocycles. The number of amidine groups is 1. The van der Waals surface area contributed by atoms with Crippen molar-refractivity contribution in [1.82, 2.24) is 4.98 Å². The lowest BCUT2D eigenvalue weighted by atomic mass is 10.3. The minimum Gasteiger partial charge on any atom is -0.380 e. The first-order valence-corrected chi connectivity index (χ1v) is 3.28. The van der Waals surface area contributed by atoms with Gasteiger partial charge in [0.2, 0.25) is 0 Å². The molecule has 0 aliphatic heterocycles. The zero-order valence-electron chi connectivity index (χ0n) is 5.66. The van der Waals surface area contributed by atoms with E-state index in [0.717, 1.165) is 0 Å². The van der Waals surface area contributed by atoms with Crippen molar-refractivity contribution in [2.45, 2.75) is 0 Å². The second-order valence-corrected chi connectivity index (χ2v) is 2.25. The Labute approximate surface area is 68.9 Å². The van der Waals surface area contributed by atoms with Crippen LogP contribution in [0.15, 0.2) is 23.3 Å². The predicted molar refractivity (Wildman–Crippen MR) is 44.2 cm³/mol. The normalized spacial score (nSPS) is 11.5. The highest BCUT2D eigenvalue weighted by Gasteiger charge is 1.98. The Morgan fingerprint density at radius 2 is 2.27 bits per heavy atom. The van der Waals surface area contributed by atoms with E-state index in [9.17, 15) is 0 Å². The van der Waals surface area contributed by atoms with Crippen LogP contribution in [0.4, 0.5) is 0 Å². The highest BCUT2D eigenvalue weighted by Crippen LogP contribution is 2.03. The van der Waals surface area contributed by atoms with Crippen LogP contribution in [0.25, 0.3) is 0 Å². The first-order valence-electron chi connectivity index (χ1n) is 2.90. The minimum absolute atomic E-state index is 0.174. The average Bonchev–Trinajstić information content (AvgIpc) is 2.03. The highest BCUT2D eigenvalue weighted by molar-refractivity contribution is 6.29. The molecule has 0 atom stereocenters. The van der Waals surface area contributed by atoms with Crippen molar-refractivity contribution in [2.24, 2.45) is 16.7 Å². The lowest BCUT2D eigenvalue weighted by Crippen LogP contribution is -2.16. The predicted octanol–water partition coefficient (Wildman–Crippen LogP) is 0.314. The number of nitrogens with zero attached hydrogens (tertiary/aromatic N) is 2. The Bertz CT molecular complexity index is 284. The van der Waals surface area contributed by atoms with Gasteiger partial charge in [-0.1, -0.05) is 17.7 Å². The fourth-order valence-electron chi connectivity index (χ4n) is 0.617. The third kappa shape index (κ3) is 1.81. The van der Waals surface area contributed by atoms with Gasteiger partial charge < -0.3 is 11.6 Å². The number of hydrogen-bond donors (Lipinski definition) is 2. The largest absolute Gasteiger partial charge is 0.380 e. The maximum atomic E-state index is 5.58. The molecule has 0 amide bonds. The van der Waals surface area contributed by atoms with Crippen molar-refractivity contribution in [3.63, 3.8) is 0 Å². The molecule has 0 aliphatic carbocycles. The van der Waals surface area contributed by atoms with E-state index in [0.29, 0.717) is 10.8 Å². The van der Waals surface area contributed by atoms with Crippen LogP contribution < -0.4 is 11.6 Å². The van der Waals surface area contributed by atoms with Gasteiger partial charge in [-0.25, -0.2) is 4.98 Å². The van der Waals surface area contributed by atoms with Crippen LogP contribution in [-0.2, 0) is 0 Å². The van der Waals surface area contributed by atoms with Gasteiger partial charge in [0.25, 0.3) is 0 Å². The Hall–Kier alpha value is -1.29. The molecule has 1 aromatic heterocycles.